The predicted molar refractivity (Wildman–Crippen MR) is 53.6 cm³/mol. The molecule has 13 heavy (non-hydrogen) atoms. The second-order valence-electron chi connectivity index (χ2n) is 2.37. The Bertz CT molecular complexity index is 356. The van der Waals surface area contributed by atoms with E-state index in [0.717, 1.165) is 0 Å². The van der Waals surface area contributed by atoms with E-state index in [1.807, 2.05) is 0 Å². The van der Waals surface area contributed by atoms with E-state index in [1.165, 1.54) is 12.1 Å². The van der Waals surface area contributed by atoms with Crippen LogP contribution >= 0.6 is 27.5 Å². The fraction of sp³-hybridized carbons (Fsp3) is 0.125. The molecule has 0 aliphatic rings. The maximum absolute atomic E-state index is 13.1. The minimum Gasteiger partial charge on any atom is -0.397 e. The number of halogens is 3. The van der Waals surface area contributed by atoms with Crippen LogP contribution in [0.3, 0.4) is 0 Å². The molecule has 5 heteroatoms. The van der Waals surface area contributed by atoms with Gasteiger partial charge in [-0.05, 0) is 28.1 Å². The first-order chi connectivity index (χ1) is 6.07. The van der Waals surface area contributed by atoms with Crippen LogP contribution in [0.15, 0.2) is 16.6 Å². The number of nitrogens with two attached hydrogens (primary N) is 1. The van der Waals surface area contributed by atoms with E-state index in [1.54, 1.807) is 0 Å². The zero-order valence-electron chi connectivity index (χ0n) is 6.48. The van der Waals surface area contributed by atoms with E-state index in [9.17, 15) is 9.18 Å². The van der Waals surface area contributed by atoms with Crippen LogP contribution in [0.5, 0.6) is 0 Å². The van der Waals surface area contributed by atoms with Crippen molar-refractivity contribution in [3.05, 3.63) is 28.0 Å². The van der Waals surface area contributed by atoms with E-state index >= 15 is 0 Å². The first-order valence-corrected chi connectivity index (χ1v) is 4.73. The molecule has 0 fully saturated rings. The molecule has 2 N–H and O–H groups in total. The van der Waals surface area contributed by atoms with Gasteiger partial charge in [0, 0.05) is 4.47 Å². The van der Waals surface area contributed by atoms with E-state index in [0.29, 0.717) is 4.47 Å². The summed E-state index contributed by atoms with van der Waals surface area (Å²) in [6, 6.07) is 2.61. The van der Waals surface area contributed by atoms with Gasteiger partial charge in [0.1, 0.15) is 5.82 Å². The molecule has 0 saturated carbocycles. The molecule has 0 atom stereocenters. The topological polar surface area (TPSA) is 43.1 Å². The summed E-state index contributed by atoms with van der Waals surface area (Å²) in [4.78, 5) is 11.1. The monoisotopic (exact) mass is 265 g/mol. The van der Waals surface area contributed by atoms with Gasteiger partial charge in [-0.3, -0.25) is 4.79 Å². The van der Waals surface area contributed by atoms with Crippen LogP contribution in [-0.4, -0.2) is 11.7 Å². The van der Waals surface area contributed by atoms with Crippen LogP contribution in [0.25, 0.3) is 0 Å². The second kappa shape index (κ2) is 4.07. The molecule has 0 bridgehead atoms. The number of benzene rings is 1. The highest BCUT2D eigenvalue weighted by molar-refractivity contribution is 9.10. The van der Waals surface area contributed by atoms with Gasteiger partial charge in [0.2, 0.25) is 0 Å². The average molecular weight is 266 g/mol. The van der Waals surface area contributed by atoms with Gasteiger partial charge in [0.15, 0.2) is 5.78 Å². The van der Waals surface area contributed by atoms with Gasteiger partial charge in [0.25, 0.3) is 0 Å². The number of hydrogen-bond acceptors (Lipinski definition) is 2. The molecule has 1 aromatic rings. The SMILES string of the molecule is Nc1c(Br)ccc(F)c1C(=O)CCl. The number of carbonyl (C=O) groups excluding carboxylic acids is 1. The van der Waals surface area contributed by atoms with Gasteiger partial charge in [-0.25, -0.2) is 4.39 Å². The molecule has 2 nitrogen and oxygen atoms in total. The summed E-state index contributed by atoms with van der Waals surface area (Å²) in [5.41, 5.74) is 5.43. The molecule has 1 rings (SSSR count). The Balaban J connectivity index is 3.33. The lowest BCUT2D eigenvalue weighted by molar-refractivity contribution is 0.101. The summed E-state index contributed by atoms with van der Waals surface area (Å²) >= 11 is 8.39. The van der Waals surface area contributed by atoms with Crippen molar-refractivity contribution in [2.75, 3.05) is 11.6 Å². The fourth-order valence-corrected chi connectivity index (χ4v) is 1.38. The lowest BCUT2D eigenvalue weighted by atomic mass is 10.1. The first kappa shape index (κ1) is 10.5. The number of carbonyl (C=O) groups is 1. The maximum Gasteiger partial charge on any atom is 0.182 e. The smallest absolute Gasteiger partial charge is 0.182 e. The average Bonchev–Trinajstić information content (AvgIpc) is 2.12. The molecule has 70 valence electrons. The molecule has 0 radical (unpaired) electrons. The molecule has 0 unspecified atom stereocenters. The molecular weight excluding hydrogens is 260 g/mol. The zero-order valence-corrected chi connectivity index (χ0v) is 8.82. The number of rotatable bonds is 2. The van der Waals surface area contributed by atoms with Crippen molar-refractivity contribution in [3.63, 3.8) is 0 Å². The summed E-state index contributed by atoms with van der Waals surface area (Å²) in [5, 5.41) is 0. The van der Waals surface area contributed by atoms with Gasteiger partial charge in [-0.2, -0.15) is 0 Å². The number of Topliss-reactive ketones (excluding diaryl/α,β-unsaturated/α-hetero) is 1. The number of alkyl halides is 1. The third-order valence-corrected chi connectivity index (χ3v) is 2.48. The quantitative estimate of drug-likeness (QED) is 0.508. The molecule has 0 saturated heterocycles. The van der Waals surface area contributed by atoms with Crippen LogP contribution in [0, 0.1) is 5.82 Å². The molecule has 0 aliphatic carbocycles. The van der Waals surface area contributed by atoms with Gasteiger partial charge in [0.05, 0.1) is 17.1 Å². The predicted octanol–water partition coefficient (Wildman–Crippen LogP) is 2.59. The number of ketones is 1. The minimum absolute atomic E-state index is 0.0886. The van der Waals surface area contributed by atoms with E-state index in [-0.39, 0.29) is 17.1 Å². The summed E-state index contributed by atoms with van der Waals surface area (Å²) in [6.45, 7) is 0. The highest BCUT2D eigenvalue weighted by Crippen LogP contribution is 2.26. The van der Waals surface area contributed by atoms with Gasteiger partial charge < -0.3 is 5.73 Å². The van der Waals surface area contributed by atoms with Crippen LogP contribution in [0.1, 0.15) is 10.4 Å². The zero-order chi connectivity index (χ0) is 10.0. The Labute approximate surface area is 88.0 Å². The van der Waals surface area contributed by atoms with Crippen molar-refractivity contribution in [2.45, 2.75) is 0 Å². The summed E-state index contributed by atoms with van der Waals surface area (Å²) < 4.78 is 13.6. The van der Waals surface area contributed by atoms with Gasteiger partial charge in [-0.15, -0.1) is 11.6 Å². The third-order valence-electron chi connectivity index (χ3n) is 1.54. The van der Waals surface area contributed by atoms with Crippen LogP contribution in [0.4, 0.5) is 10.1 Å². The van der Waals surface area contributed by atoms with Crippen molar-refractivity contribution in [1.29, 1.82) is 0 Å². The van der Waals surface area contributed by atoms with Crippen molar-refractivity contribution >= 4 is 39.0 Å². The summed E-state index contributed by atoms with van der Waals surface area (Å²) in [7, 11) is 0. The van der Waals surface area contributed by atoms with Crippen LogP contribution in [0.2, 0.25) is 0 Å². The molecule has 0 aromatic heterocycles. The Morgan fingerprint density at radius 3 is 2.77 bits per heavy atom. The fourth-order valence-electron chi connectivity index (χ4n) is 0.918. The minimum atomic E-state index is -0.647. The molecule has 0 amide bonds. The Morgan fingerprint density at radius 1 is 1.62 bits per heavy atom. The van der Waals surface area contributed by atoms with Gasteiger partial charge >= 0.3 is 0 Å². The van der Waals surface area contributed by atoms with Crippen molar-refractivity contribution < 1.29 is 9.18 Å². The summed E-state index contributed by atoms with van der Waals surface area (Å²) in [5.74, 6) is -1.44. The lowest BCUT2D eigenvalue weighted by Crippen LogP contribution is -2.08. The Hall–Kier alpha value is -0.610. The largest absolute Gasteiger partial charge is 0.397 e. The highest BCUT2D eigenvalue weighted by Gasteiger charge is 2.16. The Kier molecular flexibility index (Phi) is 3.27. The number of anilines is 1. The normalized spacial score (nSPS) is 10.1. The van der Waals surface area contributed by atoms with E-state index in [4.69, 9.17) is 17.3 Å². The van der Waals surface area contributed by atoms with Crippen molar-refractivity contribution in [3.8, 4) is 0 Å². The third kappa shape index (κ3) is 2.00. The highest BCUT2D eigenvalue weighted by atomic mass is 79.9. The maximum atomic E-state index is 13.1. The van der Waals surface area contributed by atoms with Gasteiger partial charge in [-0.1, -0.05) is 0 Å². The van der Waals surface area contributed by atoms with E-state index < -0.39 is 11.6 Å². The molecule has 1 aromatic carbocycles. The molecule has 0 aliphatic heterocycles. The van der Waals surface area contributed by atoms with Crippen molar-refractivity contribution in [1.82, 2.24) is 0 Å². The summed E-state index contributed by atoms with van der Waals surface area (Å²) in [6.07, 6.45) is 0. The number of nitrogen functional groups attached to an aromatic ring is 1. The molecular formula is C8H6BrClFNO. The second-order valence-corrected chi connectivity index (χ2v) is 3.50. The first-order valence-electron chi connectivity index (χ1n) is 3.40. The van der Waals surface area contributed by atoms with Crippen LogP contribution in [-0.2, 0) is 0 Å². The Morgan fingerprint density at radius 2 is 2.23 bits per heavy atom. The van der Waals surface area contributed by atoms with Crippen molar-refractivity contribution in [2.24, 2.45) is 0 Å². The van der Waals surface area contributed by atoms with E-state index in [2.05, 4.69) is 15.9 Å². The molecule has 0 heterocycles. The number of hydrogen-bond donors (Lipinski definition) is 1. The lowest BCUT2D eigenvalue weighted by Gasteiger charge is -2.05. The molecule has 0 spiro atoms. The standard InChI is InChI=1S/C8H6BrClFNO/c9-4-1-2-5(11)7(8(4)12)6(13)3-10/h1-2H,3,12H2. The van der Waals surface area contributed by atoms with Crippen LogP contribution < -0.4 is 5.73 Å².